The van der Waals surface area contributed by atoms with Gasteiger partial charge in [0.1, 0.15) is 17.5 Å². The average Bonchev–Trinajstić information content (AvgIpc) is 3.04. The van der Waals surface area contributed by atoms with E-state index in [0.717, 1.165) is 28.1 Å². The molecule has 5 nitrogen and oxygen atoms in total. The Labute approximate surface area is 184 Å². The van der Waals surface area contributed by atoms with Gasteiger partial charge in [0.25, 0.3) is 0 Å². The van der Waals surface area contributed by atoms with Crippen molar-refractivity contribution in [2.75, 3.05) is 13.7 Å². The number of methoxy groups -OCH3 is 1. The minimum atomic E-state index is -0.427. The van der Waals surface area contributed by atoms with Crippen molar-refractivity contribution in [2.24, 2.45) is 7.05 Å². The molecule has 3 aromatic rings. The number of nitriles is 1. The van der Waals surface area contributed by atoms with E-state index in [4.69, 9.17) is 9.47 Å². The van der Waals surface area contributed by atoms with Crippen LogP contribution >= 0.6 is 0 Å². The molecule has 0 saturated heterocycles. The smallest absolute Gasteiger partial charge is 0.355 e. The quantitative estimate of drug-likeness (QED) is 0.467. The molecule has 2 aromatic carbocycles. The minimum Gasteiger partial charge on any atom is -0.497 e. The first-order chi connectivity index (χ1) is 14.9. The Bertz CT molecular complexity index is 1060. The molecule has 0 bridgehead atoms. The lowest BCUT2D eigenvalue weighted by Crippen LogP contribution is -2.11. The maximum Gasteiger partial charge on any atom is 0.355 e. The van der Waals surface area contributed by atoms with Crippen LogP contribution in [0.15, 0.2) is 48.5 Å². The van der Waals surface area contributed by atoms with Gasteiger partial charge in [-0.15, -0.1) is 0 Å². The molecule has 0 aliphatic rings. The molecule has 0 aliphatic carbocycles. The Morgan fingerprint density at radius 2 is 1.45 bits per heavy atom. The van der Waals surface area contributed by atoms with Crippen LogP contribution in [0.25, 0.3) is 22.3 Å². The van der Waals surface area contributed by atoms with Gasteiger partial charge in [0.2, 0.25) is 0 Å². The zero-order valence-electron chi connectivity index (χ0n) is 19.2. The van der Waals surface area contributed by atoms with Crippen molar-refractivity contribution in [2.45, 2.75) is 34.1 Å². The van der Waals surface area contributed by atoms with E-state index in [0.29, 0.717) is 16.8 Å². The van der Waals surface area contributed by atoms with Crippen LogP contribution in [0.2, 0.25) is 0 Å². The summed E-state index contributed by atoms with van der Waals surface area (Å²) in [6, 6.07) is 17.9. The third-order valence-corrected chi connectivity index (χ3v) is 4.86. The molecule has 1 heterocycles. The van der Waals surface area contributed by atoms with Gasteiger partial charge in [0, 0.05) is 18.3 Å². The number of carbonyl (C=O) groups excluding carboxylic acids is 1. The summed E-state index contributed by atoms with van der Waals surface area (Å²) in [6.45, 7) is 8.12. The molecular formula is C26H30N2O3. The third-order valence-electron chi connectivity index (χ3n) is 4.86. The first kappa shape index (κ1) is 23.8. The SMILES string of the molecule is CCC.CCOC(=O)c1c(-c2ccc(-c3ccc(OC)cc3)cc2)c(C#N)c(C)n1C. The number of rotatable bonds is 5. The lowest BCUT2D eigenvalue weighted by molar-refractivity contribution is 0.0516. The van der Waals surface area contributed by atoms with Crippen molar-refractivity contribution in [3.63, 3.8) is 0 Å². The highest BCUT2D eigenvalue weighted by Crippen LogP contribution is 2.34. The van der Waals surface area contributed by atoms with Crippen molar-refractivity contribution in [1.82, 2.24) is 4.57 Å². The molecule has 5 heteroatoms. The summed E-state index contributed by atoms with van der Waals surface area (Å²) >= 11 is 0. The Morgan fingerprint density at radius 1 is 0.968 bits per heavy atom. The number of ether oxygens (including phenoxy) is 2. The lowest BCUT2D eigenvalue weighted by Gasteiger charge is -2.09. The number of hydrogen-bond acceptors (Lipinski definition) is 4. The van der Waals surface area contributed by atoms with Crippen molar-refractivity contribution in [3.05, 3.63) is 65.5 Å². The standard InChI is InChI=1S/C23H22N2O3.C3H8/c1-5-28-23(26)22-21(20(14-24)15(2)25(22)3)18-8-6-16(7-9-18)17-10-12-19(27-4)13-11-17;1-3-2/h6-13H,5H2,1-4H3;3H2,1-2H3. The fourth-order valence-electron chi connectivity index (χ4n) is 3.27. The predicted octanol–water partition coefficient (Wildman–Crippen LogP) is 6.14. The fourth-order valence-corrected chi connectivity index (χ4v) is 3.27. The average molecular weight is 419 g/mol. The molecule has 3 rings (SSSR count). The molecule has 1 aromatic heterocycles. The summed E-state index contributed by atoms with van der Waals surface area (Å²) in [4.78, 5) is 12.5. The van der Waals surface area contributed by atoms with E-state index in [1.807, 2.05) is 55.5 Å². The van der Waals surface area contributed by atoms with Gasteiger partial charge in [-0.25, -0.2) is 4.79 Å². The highest BCUT2D eigenvalue weighted by molar-refractivity contribution is 5.98. The van der Waals surface area contributed by atoms with E-state index in [-0.39, 0.29) is 6.61 Å². The largest absolute Gasteiger partial charge is 0.497 e. The maximum absolute atomic E-state index is 12.5. The summed E-state index contributed by atoms with van der Waals surface area (Å²) in [5, 5.41) is 9.66. The van der Waals surface area contributed by atoms with Crippen LogP contribution in [0.5, 0.6) is 5.75 Å². The zero-order valence-corrected chi connectivity index (χ0v) is 19.2. The van der Waals surface area contributed by atoms with Crippen LogP contribution in [-0.4, -0.2) is 24.3 Å². The van der Waals surface area contributed by atoms with E-state index >= 15 is 0 Å². The minimum absolute atomic E-state index is 0.279. The molecule has 0 radical (unpaired) electrons. The Kier molecular flexibility index (Phi) is 8.45. The highest BCUT2D eigenvalue weighted by Gasteiger charge is 2.25. The molecule has 162 valence electrons. The zero-order chi connectivity index (χ0) is 23.0. The second-order valence-electron chi connectivity index (χ2n) is 7.09. The molecule has 0 unspecified atom stereocenters. The molecule has 0 aliphatic heterocycles. The van der Waals surface area contributed by atoms with E-state index in [1.165, 1.54) is 6.42 Å². The van der Waals surface area contributed by atoms with Crippen LogP contribution in [0, 0.1) is 18.3 Å². The Balaban J connectivity index is 0.00000107. The number of aromatic nitrogens is 1. The van der Waals surface area contributed by atoms with Crippen molar-refractivity contribution in [1.29, 1.82) is 5.26 Å². The van der Waals surface area contributed by atoms with E-state index < -0.39 is 5.97 Å². The number of nitrogens with zero attached hydrogens (tertiary/aromatic N) is 2. The van der Waals surface area contributed by atoms with Gasteiger partial charge in [-0.1, -0.05) is 56.7 Å². The van der Waals surface area contributed by atoms with Gasteiger partial charge >= 0.3 is 5.97 Å². The van der Waals surface area contributed by atoms with Crippen LogP contribution in [0.4, 0.5) is 0 Å². The molecule has 0 atom stereocenters. The van der Waals surface area contributed by atoms with Gasteiger partial charge in [0.05, 0.1) is 19.3 Å². The molecule has 0 N–H and O–H groups in total. The number of hydrogen-bond donors (Lipinski definition) is 0. The van der Waals surface area contributed by atoms with Gasteiger partial charge in [-0.2, -0.15) is 5.26 Å². The Morgan fingerprint density at radius 3 is 1.90 bits per heavy atom. The van der Waals surface area contributed by atoms with Crippen LogP contribution in [0.1, 0.15) is 48.9 Å². The van der Waals surface area contributed by atoms with Crippen molar-refractivity contribution < 1.29 is 14.3 Å². The molecular weight excluding hydrogens is 388 g/mol. The van der Waals surface area contributed by atoms with E-state index in [1.54, 1.807) is 25.6 Å². The van der Waals surface area contributed by atoms with Crippen LogP contribution in [0.3, 0.4) is 0 Å². The Hall–Kier alpha value is -3.52. The molecule has 0 spiro atoms. The summed E-state index contributed by atoms with van der Waals surface area (Å²) in [7, 11) is 3.41. The summed E-state index contributed by atoms with van der Waals surface area (Å²) in [6.07, 6.45) is 1.25. The normalized spacial score (nSPS) is 9.97. The summed E-state index contributed by atoms with van der Waals surface area (Å²) in [5.41, 5.74) is 5.14. The highest BCUT2D eigenvalue weighted by atomic mass is 16.5. The van der Waals surface area contributed by atoms with Gasteiger partial charge in [0.15, 0.2) is 0 Å². The molecule has 31 heavy (non-hydrogen) atoms. The van der Waals surface area contributed by atoms with Crippen molar-refractivity contribution >= 4 is 5.97 Å². The second kappa shape index (κ2) is 11.0. The van der Waals surface area contributed by atoms with Gasteiger partial charge < -0.3 is 14.0 Å². The first-order valence-electron chi connectivity index (χ1n) is 10.4. The third kappa shape index (κ3) is 5.16. The molecule has 0 saturated carbocycles. The molecule has 0 amide bonds. The van der Waals surface area contributed by atoms with Crippen LogP contribution < -0.4 is 4.74 Å². The first-order valence-corrected chi connectivity index (χ1v) is 10.4. The lowest BCUT2D eigenvalue weighted by atomic mass is 9.97. The predicted molar refractivity (Wildman–Crippen MR) is 124 cm³/mol. The number of benzene rings is 2. The van der Waals surface area contributed by atoms with Gasteiger partial charge in [-0.3, -0.25) is 0 Å². The summed E-state index contributed by atoms with van der Waals surface area (Å²) in [5.74, 6) is 0.377. The number of carbonyl (C=O) groups is 1. The van der Waals surface area contributed by atoms with Crippen molar-refractivity contribution in [3.8, 4) is 34.1 Å². The van der Waals surface area contributed by atoms with Crippen LogP contribution in [-0.2, 0) is 11.8 Å². The van der Waals surface area contributed by atoms with E-state index in [9.17, 15) is 10.1 Å². The monoisotopic (exact) mass is 418 g/mol. The molecule has 0 fully saturated rings. The number of esters is 1. The van der Waals surface area contributed by atoms with Gasteiger partial charge in [-0.05, 0) is 42.7 Å². The van der Waals surface area contributed by atoms with E-state index in [2.05, 4.69) is 19.9 Å². The second-order valence-corrected chi connectivity index (χ2v) is 7.09. The topological polar surface area (TPSA) is 64.2 Å². The maximum atomic E-state index is 12.5. The fraction of sp³-hybridized carbons (Fsp3) is 0.308. The summed E-state index contributed by atoms with van der Waals surface area (Å²) < 4.78 is 12.1.